The zero-order valence-corrected chi connectivity index (χ0v) is 12.1. The van der Waals surface area contributed by atoms with Gasteiger partial charge in [-0.1, -0.05) is 65.8 Å². The first kappa shape index (κ1) is 14.3. The molecule has 1 amide bonds. The Hall–Kier alpha value is -2.62. The number of oxime groups is 1. The maximum absolute atomic E-state index is 11.9. The van der Waals surface area contributed by atoms with Crippen LogP contribution in [-0.2, 0) is 4.79 Å². The van der Waals surface area contributed by atoms with Gasteiger partial charge >= 0.3 is 0 Å². The highest BCUT2D eigenvalue weighted by molar-refractivity contribution is 5.99. The maximum atomic E-state index is 11.9. The fraction of sp³-hybridized carbons (Fsp3) is 0.222. The van der Waals surface area contributed by atoms with Crippen molar-refractivity contribution in [2.75, 3.05) is 0 Å². The van der Waals surface area contributed by atoms with Crippen molar-refractivity contribution in [1.82, 2.24) is 5.32 Å². The Labute approximate surface area is 129 Å². The molecular formula is C18H18N2O2. The third kappa shape index (κ3) is 2.86. The Bertz CT molecular complexity index is 629. The van der Waals surface area contributed by atoms with Gasteiger partial charge in [0.1, 0.15) is 0 Å². The van der Waals surface area contributed by atoms with Gasteiger partial charge in [0, 0.05) is 12.3 Å². The van der Waals surface area contributed by atoms with Crippen molar-refractivity contribution in [2.45, 2.75) is 24.8 Å². The Kier molecular flexibility index (Phi) is 4.19. The molecule has 2 N–H and O–H groups in total. The van der Waals surface area contributed by atoms with Crippen LogP contribution in [0.2, 0.25) is 0 Å². The molecule has 22 heavy (non-hydrogen) atoms. The number of carbonyl (C=O) groups excluding carboxylic acids is 1. The molecule has 1 fully saturated rings. The monoisotopic (exact) mass is 294 g/mol. The summed E-state index contributed by atoms with van der Waals surface area (Å²) in [5.41, 5.74) is 2.79. The number of benzene rings is 2. The normalized spacial score (nSPS) is 20.1. The summed E-state index contributed by atoms with van der Waals surface area (Å²) in [7, 11) is 0. The standard InChI is InChI=1S/C18H18N2O2/c21-16-12-11-15(20-22)18(19-16)17(13-7-3-1-4-8-13)14-9-5-2-6-10-14/h1-10,17-18,22H,11-12H2,(H,19,21)/b20-15+. The molecular weight excluding hydrogens is 276 g/mol. The van der Waals surface area contributed by atoms with Gasteiger partial charge in [-0.25, -0.2) is 0 Å². The van der Waals surface area contributed by atoms with E-state index in [1.54, 1.807) is 0 Å². The molecule has 4 heteroatoms. The molecule has 1 saturated heterocycles. The summed E-state index contributed by atoms with van der Waals surface area (Å²) in [6.07, 6.45) is 0.857. The van der Waals surface area contributed by atoms with Crippen LogP contribution in [0.25, 0.3) is 0 Å². The van der Waals surface area contributed by atoms with Crippen molar-refractivity contribution in [2.24, 2.45) is 5.16 Å². The summed E-state index contributed by atoms with van der Waals surface area (Å²) in [5, 5.41) is 15.7. The predicted octanol–water partition coefficient (Wildman–Crippen LogP) is 2.93. The molecule has 0 radical (unpaired) electrons. The van der Waals surface area contributed by atoms with Crippen molar-refractivity contribution in [3.63, 3.8) is 0 Å². The van der Waals surface area contributed by atoms with Crippen molar-refractivity contribution in [3.8, 4) is 0 Å². The lowest BCUT2D eigenvalue weighted by Crippen LogP contribution is -2.49. The highest BCUT2D eigenvalue weighted by Gasteiger charge is 2.33. The van der Waals surface area contributed by atoms with Gasteiger partial charge in [0.15, 0.2) is 0 Å². The first-order valence-corrected chi connectivity index (χ1v) is 7.39. The Morgan fingerprint density at radius 3 is 2.00 bits per heavy atom. The van der Waals surface area contributed by atoms with E-state index >= 15 is 0 Å². The average Bonchev–Trinajstić information content (AvgIpc) is 2.57. The molecule has 0 aliphatic carbocycles. The highest BCUT2D eigenvalue weighted by atomic mass is 16.4. The molecule has 3 rings (SSSR count). The van der Waals surface area contributed by atoms with Crippen LogP contribution in [0.15, 0.2) is 65.8 Å². The molecule has 0 bridgehead atoms. The number of rotatable bonds is 3. The molecule has 0 spiro atoms. The van der Waals surface area contributed by atoms with E-state index in [2.05, 4.69) is 10.5 Å². The molecule has 2 aromatic rings. The average molecular weight is 294 g/mol. The second-order valence-electron chi connectivity index (χ2n) is 5.44. The van der Waals surface area contributed by atoms with Gasteiger partial charge in [-0.15, -0.1) is 0 Å². The number of piperidine rings is 1. The molecule has 2 aromatic carbocycles. The van der Waals surface area contributed by atoms with Crippen LogP contribution in [0, 0.1) is 0 Å². The molecule has 1 unspecified atom stereocenters. The second kappa shape index (κ2) is 6.43. The van der Waals surface area contributed by atoms with Crippen LogP contribution in [0.4, 0.5) is 0 Å². The van der Waals surface area contributed by atoms with Crippen LogP contribution < -0.4 is 5.32 Å². The number of hydrogen-bond acceptors (Lipinski definition) is 3. The van der Waals surface area contributed by atoms with Crippen molar-refractivity contribution in [3.05, 3.63) is 71.8 Å². The van der Waals surface area contributed by atoms with E-state index < -0.39 is 0 Å². The lowest BCUT2D eigenvalue weighted by molar-refractivity contribution is -0.121. The van der Waals surface area contributed by atoms with E-state index in [1.165, 1.54) is 0 Å². The van der Waals surface area contributed by atoms with Crippen LogP contribution in [-0.4, -0.2) is 22.9 Å². The summed E-state index contributed by atoms with van der Waals surface area (Å²) in [4.78, 5) is 11.9. The summed E-state index contributed by atoms with van der Waals surface area (Å²) in [5.74, 6) is -0.0770. The maximum Gasteiger partial charge on any atom is 0.220 e. The van der Waals surface area contributed by atoms with Crippen LogP contribution in [0.3, 0.4) is 0 Å². The van der Waals surface area contributed by atoms with Gasteiger partial charge < -0.3 is 10.5 Å². The minimum absolute atomic E-state index is 0.00531. The molecule has 0 aromatic heterocycles. The van der Waals surface area contributed by atoms with Gasteiger partial charge in [-0.2, -0.15) is 0 Å². The van der Waals surface area contributed by atoms with Gasteiger partial charge in [-0.05, 0) is 17.5 Å². The first-order chi connectivity index (χ1) is 10.8. The van der Waals surface area contributed by atoms with E-state index in [0.717, 1.165) is 11.1 Å². The topological polar surface area (TPSA) is 61.7 Å². The Balaban J connectivity index is 2.07. The Morgan fingerprint density at radius 2 is 1.50 bits per heavy atom. The number of hydrogen-bond donors (Lipinski definition) is 2. The summed E-state index contributed by atoms with van der Waals surface area (Å²) in [6.45, 7) is 0. The molecule has 0 saturated carbocycles. The first-order valence-electron chi connectivity index (χ1n) is 7.39. The minimum atomic E-state index is -0.323. The number of nitrogens with one attached hydrogen (secondary N) is 1. The second-order valence-corrected chi connectivity index (χ2v) is 5.44. The molecule has 1 aliphatic heterocycles. The van der Waals surface area contributed by atoms with Crippen molar-refractivity contribution >= 4 is 11.6 Å². The molecule has 4 nitrogen and oxygen atoms in total. The highest BCUT2D eigenvalue weighted by Crippen LogP contribution is 2.31. The Morgan fingerprint density at radius 1 is 0.955 bits per heavy atom. The lowest BCUT2D eigenvalue weighted by atomic mass is 9.80. The molecule has 112 valence electrons. The van der Waals surface area contributed by atoms with E-state index in [1.807, 2.05) is 60.7 Å². The van der Waals surface area contributed by atoms with Gasteiger partial charge in [0.05, 0.1) is 11.8 Å². The quantitative estimate of drug-likeness (QED) is 0.675. The largest absolute Gasteiger partial charge is 0.411 e. The summed E-state index contributed by atoms with van der Waals surface area (Å²) >= 11 is 0. The van der Waals surface area contributed by atoms with E-state index in [0.29, 0.717) is 18.6 Å². The number of carbonyl (C=O) groups is 1. The number of nitrogens with zero attached hydrogens (tertiary/aromatic N) is 1. The smallest absolute Gasteiger partial charge is 0.220 e. The van der Waals surface area contributed by atoms with Crippen molar-refractivity contribution < 1.29 is 10.0 Å². The van der Waals surface area contributed by atoms with E-state index in [-0.39, 0.29) is 17.9 Å². The van der Waals surface area contributed by atoms with E-state index in [4.69, 9.17) is 0 Å². The lowest BCUT2D eigenvalue weighted by Gasteiger charge is -2.32. The van der Waals surface area contributed by atoms with Crippen molar-refractivity contribution in [1.29, 1.82) is 0 Å². The molecule has 1 aliphatic rings. The SMILES string of the molecule is O=C1CC/C(=N\O)C(C(c2ccccc2)c2ccccc2)N1. The summed E-state index contributed by atoms with van der Waals surface area (Å²) < 4.78 is 0. The molecule has 1 heterocycles. The van der Waals surface area contributed by atoms with Gasteiger partial charge in [0.25, 0.3) is 0 Å². The summed E-state index contributed by atoms with van der Waals surface area (Å²) in [6, 6.07) is 19.7. The van der Waals surface area contributed by atoms with Crippen LogP contribution >= 0.6 is 0 Å². The van der Waals surface area contributed by atoms with E-state index in [9.17, 15) is 10.0 Å². The van der Waals surface area contributed by atoms with Crippen LogP contribution in [0.5, 0.6) is 0 Å². The zero-order valence-electron chi connectivity index (χ0n) is 12.1. The number of amides is 1. The van der Waals surface area contributed by atoms with Gasteiger partial charge in [-0.3, -0.25) is 4.79 Å². The fourth-order valence-corrected chi connectivity index (χ4v) is 3.01. The van der Waals surface area contributed by atoms with Gasteiger partial charge in [0.2, 0.25) is 5.91 Å². The third-order valence-corrected chi connectivity index (χ3v) is 4.06. The fourth-order valence-electron chi connectivity index (χ4n) is 3.01. The molecule has 1 atom stereocenters. The van der Waals surface area contributed by atoms with Crippen LogP contribution in [0.1, 0.15) is 29.9 Å². The zero-order chi connectivity index (χ0) is 15.4. The minimum Gasteiger partial charge on any atom is -0.411 e. The third-order valence-electron chi connectivity index (χ3n) is 4.06. The predicted molar refractivity (Wildman–Crippen MR) is 85.1 cm³/mol.